The molecule has 2 aromatic carbocycles. The lowest BCUT2D eigenvalue weighted by Crippen LogP contribution is -2.04. The second kappa shape index (κ2) is 8.53. The van der Waals surface area contributed by atoms with Crippen LogP contribution in [0.4, 0.5) is 13.2 Å². The number of hydrogen-bond donors (Lipinski definition) is 1. The summed E-state index contributed by atoms with van der Waals surface area (Å²) in [5.41, 5.74) is 0.821. The Balaban J connectivity index is 1.93. The summed E-state index contributed by atoms with van der Waals surface area (Å²) in [6.07, 6.45) is -2.82. The maximum Gasteiger partial charge on any atom is 0.416 e. The highest BCUT2D eigenvalue weighted by Crippen LogP contribution is 2.37. The highest BCUT2D eigenvalue weighted by atomic mass is 32.2. The molecule has 0 saturated heterocycles. The second-order valence-electron chi connectivity index (χ2n) is 5.65. The maximum atomic E-state index is 12.7. The summed E-state index contributed by atoms with van der Waals surface area (Å²) in [5.74, 6) is 1.29. The second-order valence-corrected chi connectivity index (χ2v) is 6.70. The number of methoxy groups -OCH3 is 1. The zero-order valence-corrected chi connectivity index (χ0v) is 15.9. The topological polar surface area (TPSA) is 43.4 Å². The lowest BCUT2D eigenvalue weighted by Gasteiger charge is -2.13. The molecule has 3 aromatic rings. The average Bonchev–Trinajstić information content (AvgIpc) is 2.68. The molecule has 1 aromatic heterocycles. The van der Waals surface area contributed by atoms with Crippen LogP contribution in [0.5, 0.6) is 17.4 Å². The minimum Gasteiger partial charge on any atom is -0.496 e. The van der Waals surface area contributed by atoms with Crippen LogP contribution in [0.15, 0.2) is 65.7 Å². The summed E-state index contributed by atoms with van der Waals surface area (Å²) in [7, 11) is 3.40. The highest BCUT2D eigenvalue weighted by Gasteiger charge is 2.30. The van der Waals surface area contributed by atoms with E-state index in [0.29, 0.717) is 11.4 Å². The van der Waals surface area contributed by atoms with E-state index in [9.17, 15) is 13.2 Å². The minimum atomic E-state index is -4.39. The van der Waals surface area contributed by atoms with Crippen LogP contribution in [0.25, 0.3) is 11.1 Å². The summed E-state index contributed by atoms with van der Waals surface area (Å²) in [5, 5.41) is 0. The molecule has 146 valence electrons. The molecule has 0 saturated carbocycles. The quantitative estimate of drug-likeness (QED) is 0.525. The van der Waals surface area contributed by atoms with E-state index < -0.39 is 11.7 Å². The van der Waals surface area contributed by atoms with Crippen molar-refractivity contribution in [1.82, 2.24) is 9.71 Å². The Bertz CT molecular complexity index is 947. The molecule has 0 aliphatic heterocycles. The summed E-state index contributed by atoms with van der Waals surface area (Å²) in [6.45, 7) is 0. The fourth-order valence-electron chi connectivity index (χ4n) is 2.55. The van der Waals surface area contributed by atoms with Gasteiger partial charge in [-0.1, -0.05) is 6.07 Å². The van der Waals surface area contributed by atoms with Crippen molar-refractivity contribution in [3.05, 3.63) is 66.4 Å². The number of benzene rings is 2. The molecule has 0 aliphatic rings. The van der Waals surface area contributed by atoms with Gasteiger partial charge in [0.2, 0.25) is 5.88 Å². The Labute approximate surface area is 164 Å². The molecule has 0 radical (unpaired) electrons. The van der Waals surface area contributed by atoms with Gasteiger partial charge in [-0.25, -0.2) is 4.98 Å². The Morgan fingerprint density at radius 2 is 1.79 bits per heavy atom. The molecule has 0 amide bonds. The molecule has 1 heterocycles. The number of ether oxygens (including phenoxy) is 2. The van der Waals surface area contributed by atoms with Gasteiger partial charge in [-0.15, -0.1) is 0 Å². The van der Waals surface area contributed by atoms with Crippen molar-refractivity contribution < 1.29 is 22.6 Å². The third-order valence-electron chi connectivity index (χ3n) is 3.85. The van der Waals surface area contributed by atoms with Crippen LogP contribution in [0.2, 0.25) is 0 Å². The Kier molecular flexibility index (Phi) is 6.11. The van der Waals surface area contributed by atoms with Gasteiger partial charge in [0.05, 0.1) is 17.6 Å². The zero-order valence-electron chi connectivity index (χ0n) is 15.1. The number of halogens is 3. The molecule has 0 spiro atoms. The number of nitrogens with one attached hydrogen (secondary N) is 1. The molecule has 1 N–H and O–H groups in total. The van der Waals surface area contributed by atoms with E-state index in [4.69, 9.17) is 9.47 Å². The highest BCUT2D eigenvalue weighted by molar-refractivity contribution is 7.97. The molecule has 0 aliphatic carbocycles. The van der Waals surface area contributed by atoms with Gasteiger partial charge in [0.15, 0.2) is 0 Å². The van der Waals surface area contributed by atoms with Crippen LogP contribution in [-0.2, 0) is 6.18 Å². The molecule has 4 nitrogen and oxygen atoms in total. The molecular formula is C20H17F3N2O2S. The molecule has 8 heteroatoms. The van der Waals surface area contributed by atoms with Crippen LogP contribution in [0.3, 0.4) is 0 Å². The van der Waals surface area contributed by atoms with Crippen LogP contribution < -0.4 is 14.2 Å². The van der Waals surface area contributed by atoms with Gasteiger partial charge in [0, 0.05) is 11.8 Å². The Hall–Kier alpha value is -2.71. The molecule has 28 heavy (non-hydrogen) atoms. The first-order valence-corrected chi connectivity index (χ1v) is 9.06. The molecule has 3 rings (SSSR count). The SMILES string of the molecule is CNSc1cc(-c2cccnc2Oc2ccc(C(F)(F)F)cc2)ccc1OC. The summed E-state index contributed by atoms with van der Waals surface area (Å²) in [6, 6.07) is 13.7. The van der Waals surface area contributed by atoms with Gasteiger partial charge >= 0.3 is 6.18 Å². The van der Waals surface area contributed by atoms with Crippen molar-refractivity contribution >= 4 is 11.9 Å². The largest absolute Gasteiger partial charge is 0.496 e. The van der Waals surface area contributed by atoms with Gasteiger partial charge < -0.3 is 9.47 Å². The third kappa shape index (κ3) is 4.58. The minimum absolute atomic E-state index is 0.270. The first kappa shape index (κ1) is 20.0. The standard InChI is InChI=1S/C20H17F3N2O2S/c1-24-28-18-12-13(5-10-17(18)26-2)16-4-3-11-25-19(16)27-15-8-6-14(7-9-15)20(21,22)23/h3-12,24H,1-2H3. The predicted octanol–water partition coefficient (Wildman–Crippen LogP) is 5.79. The van der Waals surface area contributed by atoms with E-state index in [1.54, 1.807) is 26.4 Å². The molecule has 0 fully saturated rings. The maximum absolute atomic E-state index is 12.7. The Morgan fingerprint density at radius 3 is 2.43 bits per heavy atom. The fourth-order valence-corrected chi connectivity index (χ4v) is 3.21. The third-order valence-corrected chi connectivity index (χ3v) is 4.60. The monoisotopic (exact) mass is 406 g/mol. The smallest absolute Gasteiger partial charge is 0.416 e. The van der Waals surface area contributed by atoms with E-state index >= 15 is 0 Å². The van der Waals surface area contributed by atoms with Gasteiger partial charge in [0.25, 0.3) is 0 Å². The van der Waals surface area contributed by atoms with E-state index in [0.717, 1.165) is 28.3 Å². The number of aromatic nitrogens is 1. The molecule has 0 unspecified atom stereocenters. The molecular weight excluding hydrogens is 389 g/mol. The van der Waals surface area contributed by atoms with Crippen LogP contribution in [0.1, 0.15) is 5.56 Å². The van der Waals surface area contributed by atoms with E-state index in [1.807, 2.05) is 24.3 Å². The number of rotatable bonds is 6. The normalized spacial score (nSPS) is 11.3. The van der Waals surface area contributed by atoms with Crippen molar-refractivity contribution in [2.24, 2.45) is 0 Å². The van der Waals surface area contributed by atoms with Crippen molar-refractivity contribution in [3.8, 4) is 28.5 Å². The first-order valence-electron chi connectivity index (χ1n) is 8.24. The predicted molar refractivity (Wildman–Crippen MR) is 103 cm³/mol. The zero-order chi connectivity index (χ0) is 20.1. The van der Waals surface area contributed by atoms with Crippen molar-refractivity contribution in [2.45, 2.75) is 11.1 Å². The first-order chi connectivity index (χ1) is 13.4. The van der Waals surface area contributed by atoms with Crippen LogP contribution >= 0.6 is 11.9 Å². The average molecular weight is 406 g/mol. The molecule has 0 atom stereocenters. The van der Waals surface area contributed by atoms with Crippen LogP contribution in [0, 0.1) is 0 Å². The lowest BCUT2D eigenvalue weighted by atomic mass is 10.1. The van der Waals surface area contributed by atoms with E-state index in [1.165, 1.54) is 24.1 Å². The summed E-state index contributed by atoms with van der Waals surface area (Å²) >= 11 is 1.41. The van der Waals surface area contributed by atoms with E-state index in [2.05, 4.69) is 9.71 Å². The number of hydrogen-bond acceptors (Lipinski definition) is 5. The summed E-state index contributed by atoms with van der Waals surface area (Å²) in [4.78, 5) is 5.12. The number of alkyl halides is 3. The van der Waals surface area contributed by atoms with Crippen LogP contribution in [-0.4, -0.2) is 19.1 Å². The van der Waals surface area contributed by atoms with Crippen molar-refractivity contribution in [2.75, 3.05) is 14.2 Å². The number of pyridine rings is 1. The van der Waals surface area contributed by atoms with Gasteiger partial charge in [0.1, 0.15) is 11.5 Å². The summed E-state index contributed by atoms with van der Waals surface area (Å²) < 4.78 is 52.3. The fraction of sp³-hybridized carbons (Fsp3) is 0.150. The lowest BCUT2D eigenvalue weighted by molar-refractivity contribution is -0.137. The Morgan fingerprint density at radius 1 is 1.04 bits per heavy atom. The number of nitrogens with zero attached hydrogens (tertiary/aromatic N) is 1. The van der Waals surface area contributed by atoms with E-state index in [-0.39, 0.29) is 5.75 Å². The van der Waals surface area contributed by atoms with Gasteiger partial charge in [-0.3, -0.25) is 4.72 Å². The van der Waals surface area contributed by atoms with Crippen molar-refractivity contribution in [3.63, 3.8) is 0 Å². The molecule has 0 bridgehead atoms. The van der Waals surface area contributed by atoms with Crippen molar-refractivity contribution in [1.29, 1.82) is 0 Å². The van der Waals surface area contributed by atoms with Gasteiger partial charge in [-0.2, -0.15) is 13.2 Å². The van der Waals surface area contributed by atoms with Gasteiger partial charge in [-0.05, 0) is 73.1 Å².